The smallest absolute Gasteiger partial charge is 0.0162 e. The van der Waals surface area contributed by atoms with Crippen LogP contribution in [0.3, 0.4) is 0 Å². The van der Waals surface area contributed by atoms with Gasteiger partial charge in [-0.15, -0.1) is 0 Å². The molecule has 2 atom stereocenters. The molecule has 2 heterocycles. The molecule has 0 spiro atoms. The highest BCUT2D eigenvalue weighted by atomic mass is 32.2. The van der Waals surface area contributed by atoms with Crippen LogP contribution in [-0.4, -0.2) is 24.1 Å². The molecular weight excluding hydrogens is 166 g/mol. The molecule has 0 aromatic rings. The van der Waals surface area contributed by atoms with Crippen molar-refractivity contribution in [3.05, 3.63) is 0 Å². The second-order valence-corrected chi connectivity index (χ2v) is 5.87. The highest BCUT2D eigenvalue weighted by Crippen LogP contribution is 2.40. The predicted molar refractivity (Wildman–Crippen MR) is 55.6 cm³/mol. The molecule has 0 amide bonds. The molecule has 0 aromatic carbocycles. The van der Waals surface area contributed by atoms with E-state index in [1.807, 2.05) is 0 Å². The Morgan fingerprint density at radius 3 is 3.00 bits per heavy atom. The highest BCUT2D eigenvalue weighted by Gasteiger charge is 2.40. The van der Waals surface area contributed by atoms with Gasteiger partial charge >= 0.3 is 0 Å². The van der Waals surface area contributed by atoms with Gasteiger partial charge in [0.2, 0.25) is 0 Å². The maximum atomic E-state index is 3.70. The molecule has 2 unspecified atom stereocenters. The maximum Gasteiger partial charge on any atom is 0.0162 e. The van der Waals surface area contributed by atoms with E-state index in [0.29, 0.717) is 5.41 Å². The lowest BCUT2D eigenvalue weighted by Gasteiger charge is -2.46. The first-order valence-electron chi connectivity index (χ1n) is 5.01. The van der Waals surface area contributed by atoms with E-state index in [2.05, 4.69) is 30.9 Å². The number of nitrogens with one attached hydrogen (secondary N) is 1. The Balaban J connectivity index is 2.09. The summed E-state index contributed by atoms with van der Waals surface area (Å²) in [5.74, 6) is 3.68. The fourth-order valence-electron chi connectivity index (χ4n) is 2.61. The van der Waals surface area contributed by atoms with E-state index in [1.54, 1.807) is 0 Å². The lowest BCUT2D eigenvalue weighted by molar-refractivity contribution is 0.166. The molecule has 70 valence electrons. The first kappa shape index (κ1) is 8.89. The Labute approximate surface area is 79.7 Å². The number of rotatable bonds is 0. The van der Waals surface area contributed by atoms with Crippen LogP contribution >= 0.6 is 11.8 Å². The zero-order chi connectivity index (χ0) is 8.60. The maximum absolute atomic E-state index is 3.70. The summed E-state index contributed by atoms with van der Waals surface area (Å²) in [5, 5.41) is 3.70. The summed E-state index contributed by atoms with van der Waals surface area (Å²) in [6.45, 7) is 6.07. The van der Waals surface area contributed by atoms with Gasteiger partial charge in [-0.25, -0.2) is 0 Å². The standard InChI is InChI=1S/C10H19NS/c1-10(2)7-12-6-8-4-3-5-11-9(8)10/h8-9,11H,3-7H2,1-2H3. The van der Waals surface area contributed by atoms with Crippen molar-refractivity contribution in [3.8, 4) is 0 Å². The predicted octanol–water partition coefficient (Wildman–Crippen LogP) is 2.13. The molecule has 2 aliphatic heterocycles. The van der Waals surface area contributed by atoms with Crippen molar-refractivity contribution in [1.29, 1.82) is 0 Å². The van der Waals surface area contributed by atoms with Crippen molar-refractivity contribution in [2.24, 2.45) is 11.3 Å². The van der Waals surface area contributed by atoms with E-state index in [4.69, 9.17) is 0 Å². The summed E-state index contributed by atoms with van der Waals surface area (Å²) in [6.07, 6.45) is 2.84. The van der Waals surface area contributed by atoms with E-state index in [1.165, 1.54) is 30.9 Å². The quantitative estimate of drug-likeness (QED) is 0.620. The molecule has 0 bridgehead atoms. The monoisotopic (exact) mass is 185 g/mol. The van der Waals surface area contributed by atoms with E-state index >= 15 is 0 Å². The number of hydrogen-bond donors (Lipinski definition) is 1. The third-order valence-corrected chi connectivity index (χ3v) is 4.85. The Morgan fingerprint density at radius 2 is 2.25 bits per heavy atom. The molecule has 2 rings (SSSR count). The molecule has 0 aliphatic carbocycles. The molecule has 1 N–H and O–H groups in total. The largest absolute Gasteiger partial charge is 0.313 e. The first-order valence-corrected chi connectivity index (χ1v) is 6.17. The normalized spacial score (nSPS) is 40.5. The fourth-order valence-corrected chi connectivity index (χ4v) is 4.10. The van der Waals surface area contributed by atoms with Crippen LogP contribution in [0.2, 0.25) is 0 Å². The topological polar surface area (TPSA) is 12.0 Å². The number of hydrogen-bond acceptors (Lipinski definition) is 2. The SMILES string of the molecule is CC1(C)CSCC2CCCNC21. The van der Waals surface area contributed by atoms with Gasteiger partial charge in [-0.1, -0.05) is 13.8 Å². The Morgan fingerprint density at radius 1 is 1.42 bits per heavy atom. The van der Waals surface area contributed by atoms with Crippen molar-refractivity contribution < 1.29 is 0 Å². The van der Waals surface area contributed by atoms with Crippen LogP contribution < -0.4 is 5.32 Å². The first-order chi connectivity index (χ1) is 5.70. The third kappa shape index (κ3) is 1.51. The molecule has 0 radical (unpaired) electrons. The Bertz CT molecular complexity index is 165. The van der Waals surface area contributed by atoms with Gasteiger partial charge in [-0.2, -0.15) is 11.8 Å². The minimum absolute atomic E-state index is 0.522. The minimum Gasteiger partial charge on any atom is -0.313 e. The molecule has 2 aliphatic rings. The van der Waals surface area contributed by atoms with Crippen molar-refractivity contribution >= 4 is 11.8 Å². The number of piperidine rings is 1. The van der Waals surface area contributed by atoms with Gasteiger partial charge in [-0.3, -0.25) is 0 Å². The van der Waals surface area contributed by atoms with E-state index in [9.17, 15) is 0 Å². The van der Waals surface area contributed by atoms with Crippen LogP contribution in [-0.2, 0) is 0 Å². The van der Waals surface area contributed by atoms with E-state index in [-0.39, 0.29) is 0 Å². The van der Waals surface area contributed by atoms with Gasteiger partial charge in [0.25, 0.3) is 0 Å². The average molecular weight is 185 g/mol. The average Bonchev–Trinajstić information content (AvgIpc) is 2.04. The second-order valence-electron chi connectivity index (χ2n) is 4.84. The summed E-state index contributed by atoms with van der Waals surface area (Å²) in [7, 11) is 0. The van der Waals surface area contributed by atoms with Gasteiger partial charge < -0.3 is 5.32 Å². The van der Waals surface area contributed by atoms with Gasteiger partial charge in [0.05, 0.1) is 0 Å². The lowest BCUT2D eigenvalue weighted by Crippen LogP contribution is -2.54. The van der Waals surface area contributed by atoms with Crippen molar-refractivity contribution in [2.75, 3.05) is 18.1 Å². The van der Waals surface area contributed by atoms with Crippen LogP contribution in [0, 0.1) is 11.3 Å². The molecule has 2 heteroatoms. The van der Waals surface area contributed by atoms with Crippen LogP contribution in [0.5, 0.6) is 0 Å². The molecule has 0 aromatic heterocycles. The fraction of sp³-hybridized carbons (Fsp3) is 1.00. The number of fused-ring (bicyclic) bond motifs is 1. The third-order valence-electron chi connectivity index (χ3n) is 3.24. The van der Waals surface area contributed by atoms with Gasteiger partial charge in [0, 0.05) is 6.04 Å². The Kier molecular flexibility index (Phi) is 2.39. The van der Waals surface area contributed by atoms with Crippen LogP contribution in [0.1, 0.15) is 26.7 Å². The summed E-state index contributed by atoms with van der Waals surface area (Å²) in [6, 6.07) is 0.799. The minimum atomic E-state index is 0.522. The zero-order valence-corrected chi connectivity index (χ0v) is 8.91. The van der Waals surface area contributed by atoms with Crippen LogP contribution in [0.4, 0.5) is 0 Å². The van der Waals surface area contributed by atoms with Crippen molar-refractivity contribution in [1.82, 2.24) is 5.32 Å². The van der Waals surface area contributed by atoms with Crippen molar-refractivity contribution in [2.45, 2.75) is 32.7 Å². The number of thioether (sulfide) groups is 1. The molecule has 0 saturated carbocycles. The van der Waals surface area contributed by atoms with Gasteiger partial charge in [0.15, 0.2) is 0 Å². The van der Waals surface area contributed by atoms with Crippen LogP contribution in [0.15, 0.2) is 0 Å². The highest BCUT2D eigenvalue weighted by molar-refractivity contribution is 7.99. The zero-order valence-electron chi connectivity index (χ0n) is 8.10. The summed E-state index contributed by atoms with van der Waals surface area (Å²) in [5.41, 5.74) is 0.522. The van der Waals surface area contributed by atoms with Gasteiger partial charge in [0.1, 0.15) is 0 Å². The van der Waals surface area contributed by atoms with Crippen molar-refractivity contribution in [3.63, 3.8) is 0 Å². The lowest BCUT2D eigenvalue weighted by atomic mass is 9.75. The molecule has 2 fully saturated rings. The van der Waals surface area contributed by atoms with E-state index < -0.39 is 0 Å². The molecule has 2 saturated heterocycles. The van der Waals surface area contributed by atoms with E-state index in [0.717, 1.165) is 12.0 Å². The molecule has 12 heavy (non-hydrogen) atoms. The second kappa shape index (κ2) is 3.22. The Hall–Kier alpha value is 0.310. The van der Waals surface area contributed by atoms with Gasteiger partial charge in [-0.05, 0) is 42.2 Å². The summed E-state index contributed by atoms with van der Waals surface area (Å²) in [4.78, 5) is 0. The summed E-state index contributed by atoms with van der Waals surface area (Å²) < 4.78 is 0. The summed E-state index contributed by atoms with van der Waals surface area (Å²) >= 11 is 2.15. The van der Waals surface area contributed by atoms with Crippen LogP contribution in [0.25, 0.3) is 0 Å². The molecule has 1 nitrogen and oxygen atoms in total. The molecular formula is C10H19NS.